The van der Waals surface area contributed by atoms with Crippen molar-refractivity contribution in [3.8, 4) is 17.0 Å². The first kappa shape index (κ1) is 24.2. The van der Waals surface area contributed by atoms with Crippen LogP contribution in [0.25, 0.3) is 11.3 Å². The molecule has 1 saturated heterocycles. The number of nitrogens with one attached hydrogen (secondary N) is 1. The van der Waals surface area contributed by atoms with Crippen molar-refractivity contribution in [3.05, 3.63) is 59.0 Å². The zero-order valence-electron chi connectivity index (χ0n) is 19.5. The van der Waals surface area contributed by atoms with Gasteiger partial charge in [0, 0.05) is 37.3 Å². The number of thiazole rings is 1. The van der Waals surface area contributed by atoms with E-state index < -0.39 is 16.1 Å². The van der Waals surface area contributed by atoms with Crippen molar-refractivity contribution in [2.24, 2.45) is 0 Å². The fourth-order valence-electron chi connectivity index (χ4n) is 4.07. The molecule has 2 amide bonds. The van der Waals surface area contributed by atoms with E-state index in [9.17, 15) is 18.0 Å². The summed E-state index contributed by atoms with van der Waals surface area (Å²) >= 11 is 1.35. The summed E-state index contributed by atoms with van der Waals surface area (Å²) in [6.07, 6.45) is -0.442. The molecule has 10 nitrogen and oxygen atoms in total. The van der Waals surface area contributed by atoms with Crippen LogP contribution >= 0.6 is 11.3 Å². The van der Waals surface area contributed by atoms with Crippen LogP contribution in [0, 0.1) is 0 Å². The van der Waals surface area contributed by atoms with Crippen LogP contribution in [0.4, 0.5) is 9.93 Å². The lowest BCUT2D eigenvalue weighted by Crippen LogP contribution is -2.50. The van der Waals surface area contributed by atoms with E-state index in [-0.39, 0.29) is 43.6 Å². The third-order valence-corrected chi connectivity index (χ3v) is 8.79. The first-order valence-corrected chi connectivity index (χ1v) is 13.7. The zero-order valence-corrected chi connectivity index (χ0v) is 21.1. The molecule has 2 aliphatic heterocycles. The molecule has 5 rings (SSSR count). The number of ether oxygens (including phenoxy) is 2. The van der Waals surface area contributed by atoms with Crippen molar-refractivity contribution < 1.29 is 27.5 Å². The predicted molar refractivity (Wildman–Crippen MR) is 134 cm³/mol. The fourth-order valence-corrected chi connectivity index (χ4v) is 6.37. The lowest BCUT2D eigenvalue weighted by Gasteiger charge is -2.33. The smallest absolute Gasteiger partial charge is 0.409 e. The van der Waals surface area contributed by atoms with Gasteiger partial charge in [0.2, 0.25) is 10.0 Å². The number of piperazine rings is 1. The highest BCUT2D eigenvalue weighted by Gasteiger charge is 2.31. The van der Waals surface area contributed by atoms with Gasteiger partial charge in [0.05, 0.1) is 22.1 Å². The van der Waals surface area contributed by atoms with Crippen LogP contribution in [0.5, 0.6) is 5.75 Å². The number of hydrogen-bond acceptors (Lipinski definition) is 8. The number of rotatable bonds is 5. The number of amides is 2. The second kappa shape index (κ2) is 9.88. The molecule has 3 heterocycles. The Hall–Kier alpha value is -3.48. The summed E-state index contributed by atoms with van der Waals surface area (Å²) in [6, 6.07) is 13.4. The van der Waals surface area contributed by atoms with Gasteiger partial charge in [-0.1, -0.05) is 23.5 Å². The molecule has 0 saturated carbocycles. The quantitative estimate of drug-likeness (QED) is 0.539. The lowest BCUT2D eigenvalue weighted by molar-refractivity contribution is 0.0933. The molecule has 188 valence electrons. The molecule has 0 bridgehead atoms. The van der Waals surface area contributed by atoms with E-state index in [1.807, 2.05) is 24.3 Å². The maximum Gasteiger partial charge on any atom is 0.409 e. The molecule has 0 atom stereocenters. The third-order valence-electron chi connectivity index (χ3n) is 5.94. The van der Waals surface area contributed by atoms with Gasteiger partial charge in [-0.15, -0.1) is 0 Å². The van der Waals surface area contributed by atoms with E-state index in [0.29, 0.717) is 17.3 Å². The molecule has 0 aliphatic carbocycles. The number of nitrogens with zero attached hydrogens (tertiary/aromatic N) is 3. The number of anilines is 1. The molecular formula is C24H24N4O6S2. The number of aromatic nitrogens is 1. The Labute approximate surface area is 212 Å². The van der Waals surface area contributed by atoms with Gasteiger partial charge in [-0.25, -0.2) is 18.2 Å². The van der Waals surface area contributed by atoms with Crippen molar-refractivity contribution in [1.82, 2.24) is 14.2 Å². The molecule has 2 aliphatic rings. The molecule has 1 aromatic heterocycles. The SMILES string of the molecule is CCOC(=O)N1CCN(S(=O)(=O)c2ccc(C(=O)Nc3nc4c(s3)COc3ccccc3-4)cc2)CC1. The highest BCUT2D eigenvalue weighted by molar-refractivity contribution is 7.89. The molecule has 3 aromatic rings. The minimum absolute atomic E-state index is 0.0853. The second-order valence-corrected chi connectivity index (χ2v) is 11.2. The molecule has 1 N–H and O–H groups in total. The van der Waals surface area contributed by atoms with Crippen molar-refractivity contribution in [3.63, 3.8) is 0 Å². The summed E-state index contributed by atoms with van der Waals surface area (Å²) in [4.78, 5) is 31.7. The Kier molecular flexibility index (Phi) is 6.65. The van der Waals surface area contributed by atoms with Crippen molar-refractivity contribution in [1.29, 1.82) is 0 Å². The molecule has 36 heavy (non-hydrogen) atoms. The molecule has 0 radical (unpaired) electrons. The van der Waals surface area contributed by atoms with Crippen molar-refractivity contribution in [2.45, 2.75) is 18.4 Å². The lowest BCUT2D eigenvalue weighted by atomic mass is 10.1. The Morgan fingerprint density at radius 3 is 2.53 bits per heavy atom. The molecular weight excluding hydrogens is 504 g/mol. The van der Waals surface area contributed by atoms with Crippen LogP contribution in [-0.2, 0) is 21.4 Å². The molecule has 2 aromatic carbocycles. The topological polar surface area (TPSA) is 118 Å². The first-order chi connectivity index (χ1) is 17.4. The van der Waals surface area contributed by atoms with Crippen LogP contribution in [-0.4, -0.2) is 67.4 Å². The van der Waals surface area contributed by atoms with E-state index >= 15 is 0 Å². The minimum Gasteiger partial charge on any atom is -0.487 e. The highest BCUT2D eigenvalue weighted by atomic mass is 32.2. The van der Waals surface area contributed by atoms with E-state index in [4.69, 9.17) is 9.47 Å². The number of carbonyl (C=O) groups excluding carboxylic acids is 2. The average Bonchev–Trinajstić information content (AvgIpc) is 3.32. The first-order valence-electron chi connectivity index (χ1n) is 11.4. The fraction of sp³-hybridized carbons (Fsp3) is 0.292. The Bertz CT molecular complexity index is 1400. The summed E-state index contributed by atoms with van der Waals surface area (Å²) in [5, 5.41) is 3.24. The van der Waals surface area contributed by atoms with Gasteiger partial charge in [0.25, 0.3) is 5.91 Å². The van der Waals surface area contributed by atoms with Gasteiger partial charge in [-0.05, 0) is 43.3 Å². The monoisotopic (exact) mass is 528 g/mol. The Morgan fingerprint density at radius 2 is 1.81 bits per heavy atom. The third kappa shape index (κ3) is 4.66. The molecule has 12 heteroatoms. The van der Waals surface area contributed by atoms with Gasteiger partial charge in [-0.3, -0.25) is 10.1 Å². The van der Waals surface area contributed by atoms with Crippen molar-refractivity contribution >= 4 is 38.5 Å². The molecule has 1 fully saturated rings. The van der Waals surface area contributed by atoms with E-state index in [0.717, 1.165) is 21.9 Å². The number of hydrogen-bond donors (Lipinski definition) is 1. The maximum atomic E-state index is 13.0. The van der Waals surface area contributed by atoms with E-state index in [1.165, 1.54) is 44.8 Å². The number of benzene rings is 2. The van der Waals surface area contributed by atoms with Crippen molar-refractivity contribution in [2.75, 3.05) is 38.1 Å². The highest BCUT2D eigenvalue weighted by Crippen LogP contribution is 2.40. The summed E-state index contributed by atoms with van der Waals surface area (Å²) in [5.74, 6) is 0.370. The molecule has 0 unspecified atom stereocenters. The zero-order chi connectivity index (χ0) is 25.3. The maximum absolute atomic E-state index is 13.0. The average molecular weight is 529 g/mol. The number of fused-ring (bicyclic) bond motifs is 3. The normalized spacial score (nSPS) is 15.4. The second-order valence-electron chi connectivity index (χ2n) is 8.14. The molecule has 0 spiro atoms. The van der Waals surface area contributed by atoms with Crippen LogP contribution in [0.15, 0.2) is 53.4 Å². The van der Waals surface area contributed by atoms with E-state index in [2.05, 4.69) is 10.3 Å². The summed E-state index contributed by atoms with van der Waals surface area (Å²) in [5.41, 5.74) is 1.99. The summed E-state index contributed by atoms with van der Waals surface area (Å²) in [7, 11) is -3.76. The van der Waals surface area contributed by atoms with Crippen LogP contribution in [0.1, 0.15) is 22.2 Å². The van der Waals surface area contributed by atoms with Crippen LogP contribution in [0.2, 0.25) is 0 Å². The standard InChI is InChI=1S/C24H24N4O6S2/c1-2-33-24(30)27-11-13-28(14-12-27)36(31,32)17-9-7-16(8-10-17)22(29)26-23-25-21-18-5-3-4-6-19(18)34-15-20(21)35-23/h3-10H,2,11-15H2,1H3,(H,25,26,29). The predicted octanol–water partition coefficient (Wildman–Crippen LogP) is 3.42. The number of para-hydroxylation sites is 1. The number of carbonyl (C=O) groups is 2. The van der Waals surface area contributed by atoms with Gasteiger partial charge >= 0.3 is 6.09 Å². The van der Waals surface area contributed by atoms with Crippen LogP contribution < -0.4 is 10.1 Å². The summed E-state index contributed by atoms with van der Waals surface area (Å²) in [6.45, 7) is 3.24. The minimum atomic E-state index is -3.76. The van der Waals surface area contributed by atoms with Gasteiger partial charge < -0.3 is 14.4 Å². The van der Waals surface area contributed by atoms with Crippen LogP contribution in [0.3, 0.4) is 0 Å². The Balaban J connectivity index is 1.24. The Morgan fingerprint density at radius 1 is 1.08 bits per heavy atom. The van der Waals surface area contributed by atoms with E-state index in [1.54, 1.807) is 6.92 Å². The van der Waals surface area contributed by atoms with Gasteiger partial charge in [0.1, 0.15) is 12.4 Å². The van der Waals surface area contributed by atoms with Gasteiger partial charge in [0.15, 0.2) is 5.13 Å². The van der Waals surface area contributed by atoms with Gasteiger partial charge in [-0.2, -0.15) is 4.31 Å². The largest absolute Gasteiger partial charge is 0.487 e. The summed E-state index contributed by atoms with van der Waals surface area (Å²) < 4.78 is 38.1. The number of sulfonamides is 1.